The number of hydrogen-bond acceptors (Lipinski definition) is 6. The van der Waals surface area contributed by atoms with E-state index >= 15 is 0 Å². The number of amides is 1. The van der Waals surface area contributed by atoms with Crippen molar-refractivity contribution in [2.45, 2.75) is 38.6 Å². The molecule has 172 valence electrons. The average molecular weight is 439 g/mol. The second-order valence-corrected chi connectivity index (χ2v) is 8.89. The van der Waals surface area contributed by atoms with Crippen molar-refractivity contribution in [1.82, 2.24) is 9.88 Å². The summed E-state index contributed by atoms with van der Waals surface area (Å²) in [4.78, 5) is 21.6. The maximum absolute atomic E-state index is 12.7. The zero-order chi connectivity index (χ0) is 22.5. The second kappa shape index (κ2) is 10.1. The van der Waals surface area contributed by atoms with Crippen molar-refractivity contribution in [3.05, 3.63) is 42.1 Å². The fourth-order valence-corrected chi connectivity index (χ4v) is 4.47. The van der Waals surface area contributed by atoms with E-state index in [-0.39, 0.29) is 5.91 Å². The van der Waals surface area contributed by atoms with Crippen LogP contribution < -0.4 is 19.7 Å². The van der Waals surface area contributed by atoms with E-state index in [1.165, 1.54) is 0 Å². The highest BCUT2D eigenvalue weighted by Gasteiger charge is 2.23. The molecule has 1 amide bonds. The number of nitrogens with one attached hydrogen (secondary N) is 1. The topological polar surface area (TPSA) is 66.9 Å². The Kier molecular flexibility index (Phi) is 7.02. The Morgan fingerprint density at radius 1 is 0.969 bits per heavy atom. The van der Waals surface area contributed by atoms with Gasteiger partial charge in [0.2, 0.25) is 0 Å². The first-order valence-corrected chi connectivity index (χ1v) is 11.6. The largest absolute Gasteiger partial charge is 0.497 e. The molecular formula is C25H34N4O3. The third-order valence-electron chi connectivity index (χ3n) is 6.61. The summed E-state index contributed by atoms with van der Waals surface area (Å²) >= 11 is 0. The van der Waals surface area contributed by atoms with Crippen LogP contribution in [0.4, 0.5) is 11.5 Å². The van der Waals surface area contributed by atoms with Gasteiger partial charge in [0.15, 0.2) is 0 Å². The van der Waals surface area contributed by atoms with Crippen LogP contribution in [0, 0.1) is 5.92 Å². The van der Waals surface area contributed by atoms with Gasteiger partial charge in [0.05, 0.1) is 19.8 Å². The van der Waals surface area contributed by atoms with Gasteiger partial charge < -0.3 is 24.6 Å². The van der Waals surface area contributed by atoms with Crippen molar-refractivity contribution in [3.8, 4) is 11.5 Å². The first-order valence-electron chi connectivity index (χ1n) is 11.6. The van der Waals surface area contributed by atoms with Crippen molar-refractivity contribution < 1.29 is 14.3 Å². The molecule has 7 heteroatoms. The molecule has 7 nitrogen and oxygen atoms in total. The lowest BCUT2D eigenvalue weighted by atomic mass is 9.99. The lowest BCUT2D eigenvalue weighted by molar-refractivity contribution is 0.0697. The lowest BCUT2D eigenvalue weighted by Crippen LogP contribution is -2.40. The normalized spacial score (nSPS) is 17.8. The zero-order valence-electron chi connectivity index (χ0n) is 19.3. The zero-order valence-corrected chi connectivity index (χ0v) is 19.3. The van der Waals surface area contributed by atoms with Crippen LogP contribution in [0.15, 0.2) is 36.5 Å². The predicted molar refractivity (Wildman–Crippen MR) is 127 cm³/mol. The SMILES string of the molecule is COc1cc(NC2CCN(c3ccc(C(=O)N4CCC(C)CC4)cn3)CC2)cc(OC)c1. The quantitative estimate of drug-likeness (QED) is 0.734. The van der Waals surface area contributed by atoms with E-state index in [1.807, 2.05) is 35.2 Å². The molecule has 0 bridgehead atoms. The monoisotopic (exact) mass is 438 g/mol. The number of rotatable bonds is 6. The maximum atomic E-state index is 12.7. The molecule has 2 aliphatic heterocycles. The molecule has 1 N–H and O–H groups in total. The number of carbonyl (C=O) groups excluding carboxylic acids is 1. The summed E-state index contributed by atoms with van der Waals surface area (Å²) in [5.74, 6) is 3.31. The van der Waals surface area contributed by atoms with Gasteiger partial charge in [0.1, 0.15) is 17.3 Å². The van der Waals surface area contributed by atoms with Crippen LogP contribution in [-0.4, -0.2) is 62.2 Å². The van der Waals surface area contributed by atoms with Crippen molar-refractivity contribution in [1.29, 1.82) is 0 Å². The molecule has 2 aromatic rings. The van der Waals surface area contributed by atoms with Crippen molar-refractivity contribution >= 4 is 17.4 Å². The van der Waals surface area contributed by atoms with E-state index in [4.69, 9.17) is 9.47 Å². The van der Waals surface area contributed by atoms with Gasteiger partial charge in [-0.15, -0.1) is 0 Å². The van der Waals surface area contributed by atoms with Crippen molar-refractivity contribution in [3.63, 3.8) is 0 Å². The van der Waals surface area contributed by atoms with E-state index in [1.54, 1.807) is 20.4 Å². The molecule has 0 radical (unpaired) electrons. The van der Waals surface area contributed by atoms with Gasteiger partial charge in [0, 0.05) is 62.3 Å². The molecule has 2 fully saturated rings. The highest BCUT2D eigenvalue weighted by molar-refractivity contribution is 5.94. The van der Waals surface area contributed by atoms with Crippen LogP contribution in [-0.2, 0) is 0 Å². The molecule has 0 unspecified atom stereocenters. The fourth-order valence-electron chi connectivity index (χ4n) is 4.47. The van der Waals surface area contributed by atoms with E-state index in [0.717, 1.165) is 74.9 Å². The van der Waals surface area contributed by atoms with E-state index in [2.05, 4.69) is 22.1 Å². The summed E-state index contributed by atoms with van der Waals surface area (Å²) in [7, 11) is 3.33. The van der Waals surface area contributed by atoms with Crippen molar-refractivity contribution in [2.75, 3.05) is 50.6 Å². The first-order chi connectivity index (χ1) is 15.6. The van der Waals surface area contributed by atoms with Gasteiger partial charge in [-0.25, -0.2) is 4.98 Å². The summed E-state index contributed by atoms with van der Waals surface area (Å²) in [6.45, 7) is 5.79. The third-order valence-corrected chi connectivity index (χ3v) is 6.61. The number of benzene rings is 1. The average Bonchev–Trinajstić information content (AvgIpc) is 2.84. The molecule has 0 aliphatic carbocycles. The van der Waals surface area contributed by atoms with Gasteiger partial charge in [-0.2, -0.15) is 0 Å². The molecule has 0 spiro atoms. The van der Waals surface area contributed by atoms with Crippen molar-refractivity contribution in [2.24, 2.45) is 5.92 Å². The molecule has 4 rings (SSSR count). The molecule has 0 saturated carbocycles. The summed E-state index contributed by atoms with van der Waals surface area (Å²) in [6, 6.07) is 10.2. The van der Waals surface area contributed by atoms with E-state index in [9.17, 15) is 4.79 Å². The Labute approximate surface area is 190 Å². The fraction of sp³-hybridized carbons (Fsp3) is 0.520. The summed E-state index contributed by atoms with van der Waals surface area (Å²) in [5.41, 5.74) is 1.69. The minimum Gasteiger partial charge on any atom is -0.497 e. The van der Waals surface area contributed by atoms with Gasteiger partial charge >= 0.3 is 0 Å². The van der Waals surface area contributed by atoms with Crippen LogP contribution in [0.25, 0.3) is 0 Å². The highest BCUT2D eigenvalue weighted by atomic mass is 16.5. The molecule has 1 aromatic carbocycles. The molecule has 2 aliphatic rings. The third kappa shape index (κ3) is 5.26. The van der Waals surface area contributed by atoms with Gasteiger partial charge in [-0.3, -0.25) is 4.79 Å². The van der Waals surface area contributed by atoms with Crippen LogP contribution >= 0.6 is 0 Å². The highest BCUT2D eigenvalue weighted by Crippen LogP contribution is 2.28. The number of hydrogen-bond donors (Lipinski definition) is 1. The number of aromatic nitrogens is 1. The minimum atomic E-state index is 0.104. The lowest BCUT2D eigenvalue weighted by Gasteiger charge is -2.34. The van der Waals surface area contributed by atoms with E-state index in [0.29, 0.717) is 17.5 Å². The van der Waals surface area contributed by atoms with Crippen LogP contribution in [0.5, 0.6) is 11.5 Å². The summed E-state index contributed by atoms with van der Waals surface area (Å²) in [6.07, 6.45) is 5.93. The maximum Gasteiger partial charge on any atom is 0.255 e. The Morgan fingerprint density at radius 2 is 1.62 bits per heavy atom. The Morgan fingerprint density at radius 3 is 2.19 bits per heavy atom. The molecule has 0 atom stereocenters. The molecule has 1 aromatic heterocycles. The smallest absolute Gasteiger partial charge is 0.255 e. The van der Waals surface area contributed by atoms with Gasteiger partial charge in [-0.05, 0) is 43.7 Å². The minimum absolute atomic E-state index is 0.104. The molecule has 32 heavy (non-hydrogen) atoms. The number of methoxy groups -OCH3 is 2. The summed E-state index contributed by atoms with van der Waals surface area (Å²) in [5, 5.41) is 3.61. The second-order valence-electron chi connectivity index (χ2n) is 8.89. The Hall–Kier alpha value is -2.96. The van der Waals surface area contributed by atoms with Gasteiger partial charge in [-0.1, -0.05) is 6.92 Å². The number of piperidine rings is 2. The number of anilines is 2. The first kappa shape index (κ1) is 22.2. The summed E-state index contributed by atoms with van der Waals surface area (Å²) < 4.78 is 10.7. The number of carbonyl (C=O) groups is 1. The Bertz CT molecular complexity index is 880. The number of nitrogens with zero attached hydrogens (tertiary/aromatic N) is 3. The van der Waals surface area contributed by atoms with E-state index < -0.39 is 0 Å². The number of ether oxygens (including phenoxy) is 2. The molecular weight excluding hydrogens is 404 g/mol. The molecule has 2 saturated heterocycles. The molecule has 3 heterocycles. The van der Waals surface area contributed by atoms with Gasteiger partial charge in [0.25, 0.3) is 5.91 Å². The van der Waals surface area contributed by atoms with Crippen LogP contribution in [0.2, 0.25) is 0 Å². The van der Waals surface area contributed by atoms with Crippen LogP contribution in [0.3, 0.4) is 0 Å². The number of pyridine rings is 1. The predicted octanol–water partition coefficient (Wildman–Crippen LogP) is 4.05. The van der Waals surface area contributed by atoms with Crippen LogP contribution in [0.1, 0.15) is 43.0 Å². The number of likely N-dealkylation sites (tertiary alicyclic amines) is 1. The standard InChI is InChI=1S/C25H34N4O3/c1-18-6-10-29(11-7-18)25(30)19-4-5-24(26-17-19)28-12-8-20(9-13-28)27-21-14-22(31-2)16-23(15-21)32-3/h4-5,14-18,20,27H,6-13H2,1-3H3. The Balaban J connectivity index is 1.31.